The molecule has 0 aliphatic carbocycles. The minimum atomic E-state index is -0.167. The molecule has 7 nitrogen and oxygen atoms in total. The highest BCUT2D eigenvalue weighted by Gasteiger charge is 2.16. The molecule has 0 saturated heterocycles. The number of carbonyl (C=O) groups is 1. The van der Waals surface area contributed by atoms with Crippen molar-refractivity contribution in [2.24, 2.45) is 4.99 Å². The Labute approximate surface area is 192 Å². The van der Waals surface area contributed by atoms with Crippen LogP contribution in [0.5, 0.6) is 0 Å². The molecule has 0 atom stereocenters. The number of aliphatic imine (C=N–C) groups is 1. The maximum Gasteiger partial charge on any atom is 0.257 e. The molecule has 4 N–H and O–H groups in total. The fraction of sp³-hybridized carbons (Fsp3) is 0.292. The molecule has 0 bridgehead atoms. The fourth-order valence-electron chi connectivity index (χ4n) is 3.70. The molecule has 0 unspecified atom stereocenters. The summed E-state index contributed by atoms with van der Waals surface area (Å²) in [7, 11) is 0. The summed E-state index contributed by atoms with van der Waals surface area (Å²) in [4.78, 5) is 24.5. The second-order valence-corrected chi connectivity index (χ2v) is 8.51. The smallest absolute Gasteiger partial charge is 0.257 e. The van der Waals surface area contributed by atoms with Gasteiger partial charge in [-0.05, 0) is 54.7 Å². The monoisotopic (exact) mass is 450 g/mol. The van der Waals surface area contributed by atoms with Crippen molar-refractivity contribution in [3.8, 4) is 11.4 Å². The lowest BCUT2D eigenvalue weighted by molar-refractivity contribution is 0.0975. The highest BCUT2D eigenvalue weighted by molar-refractivity contribution is 6.29. The van der Waals surface area contributed by atoms with E-state index in [1.54, 1.807) is 6.20 Å². The molecule has 2 aromatic carbocycles. The Kier molecular flexibility index (Phi) is 6.46. The Morgan fingerprint density at radius 2 is 2.03 bits per heavy atom. The van der Waals surface area contributed by atoms with Crippen molar-refractivity contribution in [1.82, 2.24) is 20.6 Å². The number of hydrogen-bond donors (Lipinski definition) is 4. The van der Waals surface area contributed by atoms with Crippen molar-refractivity contribution < 1.29 is 4.79 Å². The van der Waals surface area contributed by atoms with Crippen LogP contribution < -0.4 is 16.0 Å². The van der Waals surface area contributed by atoms with Crippen LogP contribution in [0.2, 0.25) is 5.15 Å². The van der Waals surface area contributed by atoms with Crippen LogP contribution in [-0.2, 0) is 0 Å². The number of aromatic nitrogens is 2. The number of halogens is 1. The van der Waals surface area contributed by atoms with E-state index in [0.717, 1.165) is 53.4 Å². The van der Waals surface area contributed by atoms with Crippen LogP contribution in [0.25, 0.3) is 11.4 Å². The van der Waals surface area contributed by atoms with E-state index in [1.165, 1.54) is 0 Å². The molecule has 0 spiro atoms. The maximum absolute atomic E-state index is 12.7. The highest BCUT2D eigenvalue weighted by Crippen LogP contribution is 2.33. The summed E-state index contributed by atoms with van der Waals surface area (Å²) < 4.78 is 0. The summed E-state index contributed by atoms with van der Waals surface area (Å²) in [5, 5.41) is 10.0. The van der Waals surface area contributed by atoms with Gasteiger partial charge in [-0.2, -0.15) is 0 Å². The Bertz CT molecular complexity index is 1170. The number of nitrogens with one attached hydrogen (secondary N) is 4. The second-order valence-electron chi connectivity index (χ2n) is 8.10. The normalized spacial score (nSPS) is 13.5. The first kappa shape index (κ1) is 21.9. The van der Waals surface area contributed by atoms with Gasteiger partial charge in [0.2, 0.25) is 0 Å². The van der Waals surface area contributed by atoms with Crippen LogP contribution in [0.4, 0.5) is 11.4 Å². The number of anilines is 2. The molecule has 1 aliphatic rings. The van der Waals surface area contributed by atoms with Crippen LogP contribution in [0.1, 0.15) is 47.7 Å². The van der Waals surface area contributed by atoms with Gasteiger partial charge < -0.3 is 15.6 Å². The van der Waals surface area contributed by atoms with Crippen molar-refractivity contribution in [2.75, 3.05) is 18.4 Å². The van der Waals surface area contributed by atoms with Gasteiger partial charge in [-0.25, -0.2) is 4.98 Å². The van der Waals surface area contributed by atoms with Crippen LogP contribution in [0, 0.1) is 6.92 Å². The number of imidazole rings is 1. The third kappa shape index (κ3) is 4.78. The first-order valence-electron chi connectivity index (χ1n) is 10.7. The fourth-order valence-corrected chi connectivity index (χ4v) is 3.84. The third-order valence-corrected chi connectivity index (χ3v) is 5.66. The Hall–Kier alpha value is -3.32. The van der Waals surface area contributed by atoms with E-state index in [0.29, 0.717) is 16.7 Å². The van der Waals surface area contributed by atoms with Crippen LogP contribution in [0.3, 0.4) is 0 Å². The Balaban J connectivity index is 1.60. The number of rotatable bonds is 5. The lowest BCUT2D eigenvalue weighted by Crippen LogP contribution is -2.43. The van der Waals surface area contributed by atoms with Gasteiger partial charge in [0, 0.05) is 35.6 Å². The van der Waals surface area contributed by atoms with Gasteiger partial charge in [0.15, 0.2) is 5.96 Å². The second kappa shape index (κ2) is 9.44. The van der Waals surface area contributed by atoms with Gasteiger partial charge in [0.25, 0.3) is 5.91 Å². The van der Waals surface area contributed by atoms with Crippen molar-refractivity contribution >= 4 is 34.8 Å². The molecular weight excluding hydrogens is 424 g/mol. The van der Waals surface area contributed by atoms with E-state index in [2.05, 4.69) is 44.8 Å². The molecule has 0 radical (unpaired) electrons. The first-order valence-corrected chi connectivity index (χ1v) is 11.1. The molecule has 8 heteroatoms. The van der Waals surface area contributed by atoms with Gasteiger partial charge in [-0.1, -0.05) is 37.6 Å². The van der Waals surface area contributed by atoms with Gasteiger partial charge >= 0.3 is 0 Å². The largest absolute Gasteiger partial charge is 0.356 e. The zero-order valence-corrected chi connectivity index (χ0v) is 19.2. The zero-order chi connectivity index (χ0) is 22.7. The third-order valence-electron chi connectivity index (χ3n) is 5.47. The van der Waals surface area contributed by atoms with E-state index in [4.69, 9.17) is 11.6 Å². The minimum Gasteiger partial charge on any atom is -0.356 e. The molecule has 166 valence electrons. The predicted octanol–water partition coefficient (Wildman–Crippen LogP) is 4.98. The molecule has 1 amide bonds. The molecule has 1 aromatic heterocycles. The lowest BCUT2D eigenvalue weighted by Gasteiger charge is -2.19. The number of benzene rings is 2. The minimum absolute atomic E-state index is 0.167. The lowest BCUT2D eigenvalue weighted by atomic mass is 9.97. The molecule has 3 aromatic rings. The summed E-state index contributed by atoms with van der Waals surface area (Å²) >= 11 is 6.01. The average Bonchev–Trinajstić information content (AvgIpc) is 3.22. The van der Waals surface area contributed by atoms with E-state index < -0.39 is 0 Å². The number of guanidine groups is 1. The number of carbonyl (C=O) groups excluding carboxylic acids is 1. The maximum atomic E-state index is 12.7. The molecule has 32 heavy (non-hydrogen) atoms. The first-order chi connectivity index (χ1) is 15.4. The van der Waals surface area contributed by atoms with Crippen molar-refractivity contribution in [3.05, 3.63) is 64.4 Å². The van der Waals surface area contributed by atoms with Gasteiger partial charge in [-0.3, -0.25) is 15.1 Å². The van der Waals surface area contributed by atoms with Crippen LogP contribution in [0.15, 0.2) is 47.6 Å². The molecule has 0 saturated carbocycles. The average molecular weight is 451 g/mol. The number of hydrogen-bond acceptors (Lipinski definition) is 5. The summed E-state index contributed by atoms with van der Waals surface area (Å²) in [5.41, 5.74) is 5.62. The SMILES string of the molecule is Cc1c(Nc2ccc(C(=O)NC3=NCCCN3)cc2C(C)C)cccc1-c1ncc(Cl)[nH]1. The highest BCUT2D eigenvalue weighted by atomic mass is 35.5. The van der Waals surface area contributed by atoms with Gasteiger partial charge in [0.05, 0.1) is 6.20 Å². The molecule has 4 rings (SSSR count). The summed E-state index contributed by atoms with van der Waals surface area (Å²) in [5.74, 6) is 1.33. The van der Waals surface area contributed by atoms with Crippen molar-refractivity contribution in [1.29, 1.82) is 0 Å². The van der Waals surface area contributed by atoms with Crippen molar-refractivity contribution in [3.63, 3.8) is 0 Å². The number of H-pyrrole nitrogens is 1. The van der Waals surface area contributed by atoms with Crippen molar-refractivity contribution in [2.45, 2.75) is 33.1 Å². The van der Waals surface area contributed by atoms with E-state index in [9.17, 15) is 4.79 Å². The molecule has 2 heterocycles. The summed E-state index contributed by atoms with van der Waals surface area (Å²) in [6.45, 7) is 7.82. The number of amides is 1. The molecular formula is C24H27ClN6O. The molecule has 0 fully saturated rings. The quantitative estimate of drug-likeness (QED) is 0.440. The molecule has 1 aliphatic heterocycles. The Morgan fingerprint density at radius 3 is 2.72 bits per heavy atom. The zero-order valence-electron chi connectivity index (χ0n) is 18.4. The van der Waals surface area contributed by atoms with Crippen LogP contribution in [-0.4, -0.2) is 34.9 Å². The van der Waals surface area contributed by atoms with E-state index in [1.807, 2.05) is 43.3 Å². The van der Waals surface area contributed by atoms with E-state index in [-0.39, 0.29) is 11.8 Å². The topological polar surface area (TPSA) is 94.2 Å². The van der Waals surface area contributed by atoms with E-state index >= 15 is 0 Å². The van der Waals surface area contributed by atoms with Gasteiger partial charge in [-0.15, -0.1) is 0 Å². The summed E-state index contributed by atoms with van der Waals surface area (Å²) in [6.07, 6.45) is 2.58. The standard InChI is InChI=1S/C24H27ClN6O/c1-14(2)18-12-16(23(32)31-24-26-10-5-11-27-24)8-9-20(18)29-19-7-4-6-17(15(19)3)22-28-13-21(25)30-22/h4,6-9,12-14,29H,5,10-11H2,1-3H3,(H,28,30)(H2,26,27,31,32). The van der Waals surface area contributed by atoms with Crippen LogP contribution >= 0.6 is 11.6 Å². The number of nitrogens with zero attached hydrogens (tertiary/aromatic N) is 2. The number of aromatic amines is 1. The summed E-state index contributed by atoms with van der Waals surface area (Å²) in [6, 6.07) is 11.7. The predicted molar refractivity (Wildman–Crippen MR) is 130 cm³/mol. The Morgan fingerprint density at radius 1 is 1.19 bits per heavy atom. The van der Waals surface area contributed by atoms with Gasteiger partial charge in [0.1, 0.15) is 11.0 Å².